The number of hydrogen-bond acceptors (Lipinski definition) is 4. The van der Waals surface area contributed by atoms with E-state index >= 15 is 0 Å². The molecule has 0 fully saturated rings. The van der Waals surface area contributed by atoms with Gasteiger partial charge < -0.3 is 5.73 Å². The molecule has 2 aromatic rings. The zero-order valence-electron chi connectivity index (χ0n) is 10.0. The maximum atomic E-state index is 12.4. The van der Waals surface area contributed by atoms with Crippen LogP contribution in [-0.2, 0) is 10.0 Å². The molecule has 0 bridgehead atoms. The summed E-state index contributed by atoms with van der Waals surface area (Å²) in [6.07, 6.45) is 1.31. The SMILES string of the molecule is NC(=S)c1cn[nH]c1NS(=O)(=O)c1c(Cl)cc(Br)cc1Cl. The van der Waals surface area contributed by atoms with Crippen LogP contribution >= 0.6 is 51.3 Å². The lowest BCUT2D eigenvalue weighted by Gasteiger charge is -2.11. The minimum Gasteiger partial charge on any atom is -0.389 e. The molecule has 0 saturated carbocycles. The van der Waals surface area contributed by atoms with Crippen molar-refractivity contribution in [3.05, 3.63) is 38.4 Å². The van der Waals surface area contributed by atoms with E-state index in [0.717, 1.165) is 0 Å². The molecule has 1 aromatic heterocycles. The number of aromatic nitrogens is 2. The van der Waals surface area contributed by atoms with E-state index < -0.39 is 10.0 Å². The first-order valence-corrected chi connectivity index (χ1v) is 8.67. The summed E-state index contributed by atoms with van der Waals surface area (Å²) >= 11 is 19.9. The van der Waals surface area contributed by atoms with Crippen molar-refractivity contribution in [1.82, 2.24) is 10.2 Å². The van der Waals surface area contributed by atoms with E-state index in [-0.39, 0.29) is 31.3 Å². The molecular weight excluding hydrogens is 423 g/mol. The monoisotopic (exact) mass is 428 g/mol. The minimum absolute atomic E-state index is 0.00514. The maximum Gasteiger partial charge on any atom is 0.266 e. The molecule has 4 N–H and O–H groups in total. The molecule has 21 heavy (non-hydrogen) atoms. The fraction of sp³-hybridized carbons (Fsp3) is 0. The first-order chi connectivity index (χ1) is 9.72. The Bertz CT molecular complexity index is 799. The molecule has 1 aromatic carbocycles. The van der Waals surface area contributed by atoms with Crippen LogP contribution in [0.15, 0.2) is 27.7 Å². The van der Waals surface area contributed by atoms with Crippen LogP contribution in [0, 0.1) is 0 Å². The Hall–Kier alpha value is -0.870. The molecule has 0 aliphatic carbocycles. The van der Waals surface area contributed by atoms with Gasteiger partial charge in [-0.05, 0) is 12.1 Å². The Morgan fingerprint density at radius 3 is 2.48 bits per heavy atom. The second kappa shape index (κ2) is 6.09. The highest BCUT2D eigenvalue weighted by Crippen LogP contribution is 2.34. The fourth-order valence-electron chi connectivity index (χ4n) is 1.52. The average Bonchev–Trinajstić information content (AvgIpc) is 2.73. The number of thiocarbonyl (C=S) groups is 1. The lowest BCUT2D eigenvalue weighted by Crippen LogP contribution is -2.18. The normalized spacial score (nSPS) is 11.4. The predicted octanol–water partition coefficient (Wildman–Crippen LogP) is 2.91. The van der Waals surface area contributed by atoms with Crippen molar-refractivity contribution in [2.75, 3.05) is 4.72 Å². The van der Waals surface area contributed by atoms with Gasteiger partial charge in [-0.25, -0.2) is 8.42 Å². The predicted molar refractivity (Wildman–Crippen MR) is 89.4 cm³/mol. The van der Waals surface area contributed by atoms with Gasteiger partial charge in [-0.1, -0.05) is 51.3 Å². The fourth-order valence-corrected chi connectivity index (χ4v) is 4.65. The molecule has 6 nitrogen and oxygen atoms in total. The summed E-state index contributed by atoms with van der Waals surface area (Å²) in [5, 5.41) is 6.09. The highest BCUT2D eigenvalue weighted by atomic mass is 79.9. The zero-order chi connectivity index (χ0) is 15.8. The highest BCUT2D eigenvalue weighted by molar-refractivity contribution is 9.10. The van der Waals surface area contributed by atoms with Gasteiger partial charge in [-0.3, -0.25) is 9.82 Å². The molecule has 0 aliphatic heterocycles. The molecule has 0 spiro atoms. The second-order valence-corrected chi connectivity index (χ2v) is 7.62. The molecule has 1 heterocycles. The molecule has 0 amide bonds. The average molecular weight is 430 g/mol. The molecule has 0 aliphatic rings. The van der Waals surface area contributed by atoms with Gasteiger partial charge in [-0.2, -0.15) is 5.10 Å². The Morgan fingerprint density at radius 2 is 1.95 bits per heavy atom. The highest BCUT2D eigenvalue weighted by Gasteiger charge is 2.24. The van der Waals surface area contributed by atoms with Gasteiger partial charge in [0.2, 0.25) is 0 Å². The van der Waals surface area contributed by atoms with Gasteiger partial charge >= 0.3 is 0 Å². The largest absolute Gasteiger partial charge is 0.389 e. The summed E-state index contributed by atoms with van der Waals surface area (Å²) in [6, 6.07) is 2.84. The van der Waals surface area contributed by atoms with Crippen LogP contribution in [0.25, 0.3) is 0 Å². The van der Waals surface area contributed by atoms with E-state index in [9.17, 15) is 8.42 Å². The second-order valence-electron chi connectivity index (χ2n) is 3.83. The topological polar surface area (TPSA) is 101 Å². The standard InChI is InChI=1S/C10H7BrCl2N4O2S2/c11-4-1-6(12)8(7(13)2-4)21(18,19)17-10-5(9(14)20)3-15-16-10/h1-3H,(H2,14,20)(H2,15,16,17). The van der Waals surface area contributed by atoms with Crippen LogP contribution in [0.3, 0.4) is 0 Å². The van der Waals surface area contributed by atoms with Crippen LogP contribution in [0.5, 0.6) is 0 Å². The van der Waals surface area contributed by atoms with Crippen LogP contribution in [0.2, 0.25) is 10.0 Å². The third-order valence-electron chi connectivity index (χ3n) is 2.37. The number of sulfonamides is 1. The van der Waals surface area contributed by atoms with Crippen LogP contribution in [0.1, 0.15) is 5.56 Å². The van der Waals surface area contributed by atoms with E-state index in [1.807, 2.05) is 0 Å². The van der Waals surface area contributed by atoms with E-state index in [1.54, 1.807) is 0 Å². The van der Waals surface area contributed by atoms with Crippen molar-refractivity contribution in [3.8, 4) is 0 Å². The van der Waals surface area contributed by atoms with Gasteiger partial charge in [0.1, 0.15) is 15.7 Å². The molecule has 0 unspecified atom stereocenters. The third kappa shape index (κ3) is 3.49. The number of hydrogen-bond donors (Lipinski definition) is 3. The van der Waals surface area contributed by atoms with Crippen LogP contribution < -0.4 is 10.5 Å². The van der Waals surface area contributed by atoms with E-state index in [0.29, 0.717) is 4.47 Å². The van der Waals surface area contributed by atoms with Crippen molar-refractivity contribution in [3.63, 3.8) is 0 Å². The van der Waals surface area contributed by atoms with Crippen molar-refractivity contribution in [2.45, 2.75) is 4.90 Å². The number of H-pyrrole nitrogens is 1. The lowest BCUT2D eigenvalue weighted by atomic mass is 10.3. The van der Waals surface area contributed by atoms with Crippen molar-refractivity contribution in [2.24, 2.45) is 5.73 Å². The van der Waals surface area contributed by atoms with Gasteiger partial charge in [0.05, 0.1) is 21.8 Å². The van der Waals surface area contributed by atoms with Gasteiger partial charge in [0, 0.05) is 4.47 Å². The smallest absolute Gasteiger partial charge is 0.266 e. The summed E-state index contributed by atoms with van der Waals surface area (Å²) < 4.78 is 27.6. The number of nitrogens with two attached hydrogens (primary N) is 1. The molecule has 112 valence electrons. The summed E-state index contributed by atoms with van der Waals surface area (Å²) in [7, 11) is -4.04. The Kier molecular flexibility index (Phi) is 4.79. The first-order valence-electron chi connectivity index (χ1n) is 5.23. The lowest BCUT2D eigenvalue weighted by molar-refractivity contribution is 0.601. The summed E-state index contributed by atoms with van der Waals surface area (Å²) in [4.78, 5) is -0.257. The molecule has 2 rings (SSSR count). The van der Waals surface area contributed by atoms with E-state index in [4.69, 9.17) is 41.2 Å². The number of benzene rings is 1. The molecule has 0 atom stereocenters. The third-order valence-corrected chi connectivity index (χ3v) is 5.32. The van der Waals surface area contributed by atoms with Crippen molar-refractivity contribution >= 4 is 72.2 Å². The summed E-state index contributed by atoms with van der Waals surface area (Å²) in [5.41, 5.74) is 5.74. The quantitative estimate of drug-likeness (QED) is 0.648. The first kappa shape index (κ1) is 16.5. The maximum absolute atomic E-state index is 12.4. The minimum atomic E-state index is -4.04. The Morgan fingerprint density at radius 1 is 1.38 bits per heavy atom. The molecule has 0 saturated heterocycles. The number of rotatable bonds is 4. The van der Waals surface area contributed by atoms with Crippen molar-refractivity contribution in [1.29, 1.82) is 0 Å². The zero-order valence-corrected chi connectivity index (χ0v) is 14.8. The number of nitrogens with zero attached hydrogens (tertiary/aromatic N) is 1. The Labute approximate surface area is 144 Å². The number of halogens is 3. The van der Waals surface area contributed by atoms with Gasteiger partial charge in [0.25, 0.3) is 10.0 Å². The summed E-state index contributed by atoms with van der Waals surface area (Å²) in [5.74, 6) is 0.0394. The molecule has 11 heteroatoms. The Balaban J connectivity index is 2.49. The molecular formula is C10H7BrCl2N4O2S2. The van der Waals surface area contributed by atoms with Gasteiger partial charge in [-0.15, -0.1) is 0 Å². The van der Waals surface area contributed by atoms with Crippen LogP contribution in [0.4, 0.5) is 5.82 Å². The van der Waals surface area contributed by atoms with E-state index in [1.165, 1.54) is 18.3 Å². The number of anilines is 1. The molecule has 0 radical (unpaired) electrons. The summed E-state index contributed by atoms with van der Waals surface area (Å²) in [6.45, 7) is 0. The number of nitrogens with one attached hydrogen (secondary N) is 2. The van der Waals surface area contributed by atoms with Gasteiger partial charge in [0.15, 0.2) is 0 Å². The van der Waals surface area contributed by atoms with Crippen LogP contribution in [-0.4, -0.2) is 23.6 Å². The van der Waals surface area contributed by atoms with Crippen molar-refractivity contribution < 1.29 is 8.42 Å². The number of aromatic amines is 1. The van der Waals surface area contributed by atoms with E-state index in [2.05, 4.69) is 30.8 Å².